The Morgan fingerprint density at radius 1 is 0.955 bits per heavy atom. The average Bonchev–Trinajstić information content (AvgIpc) is 3.81. The summed E-state index contributed by atoms with van der Waals surface area (Å²) in [6.07, 6.45) is -1.33. The molecule has 12 nitrogen and oxygen atoms in total. The quantitative estimate of drug-likeness (QED) is 0.266. The van der Waals surface area contributed by atoms with Crippen molar-refractivity contribution < 1.29 is 42.1 Å². The minimum absolute atomic E-state index is 0.0518. The van der Waals surface area contributed by atoms with Crippen molar-refractivity contribution in [1.82, 2.24) is 4.90 Å². The number of carbonyl (C=O) groups excluding carboxylic acids is 2. The van der Waals surface area contributed by atoms with Crippen molar-refractivity contribution in [2.24, 2.45) is 5.73 Å². The van der Waals surface area contributed by atoms with Crippen LogP contribution in [-0.2, 0) is 19.4 Å². The van der Waals surface area contributed by atoms with Crippen molar-refractivity contribution in [2.45, 2.75) is 47.6 Å². The summed E-state index contributed by atoms with van der Waals surface area (Å²) in [6.45, 7) is 0.0893. The lowest BCUT2D eigenvalue weighted by molar-refractivity contribution is -0.134. The third kappa shape index (κ3) is 6.13. The largest absolute Gasteiger partial charge is 0.506 e. The van der Waals surface area contributed by atoms with Gasteiger partial charge in [-0.15, -0.1) is 0 Å². The van der Waals surface area contributed by atoms with Gasteiger partial charge in [0.25, 0.3) is 0 Å². The smallest absolute Gasteiger partial charge is 0.493 e. The molecule has 0 aromatic heterocycles. The summed E-state index contributed by atoms with van der Waals surface area (Å²) in [6, 6.07) is 15.5. The third-order valence-corrected chi connectivity index (χ3v) is 10.2. The first-order valence-electron chi connectivity index (χ1n) is 14.0. The molecule has 1 saturated carbocycles. The second kappa shape index (κ2) is 12.4. The highest BCUT2D eigenvalue weighted by atomic mass is 32.2. The molecule has 3 atom stereocenters. The Kier molecular flexibility index (Phi) is 8.68. The number of nitrogens with zero attached hydrogens (tertiary/aromatic N) is 1. The third-order valence-electron chi connectivity index (χ3n) is 7.83. The Bertz CT molecular complexity index is 1690. The fourth-order valence-corrected chi connectivity index (χ4v) is 7.49. The minimum Gasteiger partial charge on any atom is -0.493 e. The molecule has 0 unspecified atom stereocenters. The predicted molar refractivity (Wildman–Crippen MR) is 159 cm³/mol. The van der Waals surface area contributed by atoms with Gasteiger partial charge in [-0.3, -0.25) is 9.59 Å². The summed E-state index contributed by atoms with van der Waals surface area (Å²) in [7, 11) is -0.770. The zero-order valence-corrected chi connectivity index (χ0v) is 25.0. The monoisotopic (exact) mass is 623 g/mol. The molecule has 4 N–H and O–H groups in total. The number of amides is 2. The van der Waals surface area contributed by atoms with Crippen molar-refractivity contribution in [2.75, 3.05) is 26.1 Å². The van der Waals surface area contributed by atoms with Gasteiger partial charge in [-0.05, 0) is 60.4 Å². The Labute approximate surface area is 254 Å². The number of benzene rings is 3. The number of ether oxygens (including phenoxy) is 3. The normalized spacial score (nSPS) is 18.7. The van der Waals surface area contributed by atoms with Crippen LogP contribution in [0.5, 0.6) is 11.5 Å². The number of primary amides is 1. The number of carbonyl (C=O) groups is 3. The van der Waals surface area contributed by atoms with E-state index in [1.807, 2.05) is 0 Å². The van der Waals surface area contributed by atoms with E-state index < -0.39 is 51.2 Å². The molecule has 0 spiro atoms. The molecule has 1 saturated heterocycles. The van der Waals surface area contributed by atoms with Crippen LogP contribution in [0.1, 0.15) is 52.8 Å². The molecule has 2 aliphatic rings. The molecule has 3 aromatic rings. The van der Waals surface area contributed by atoms with E-state index in [9.17, 15) is 27.9 Å². The van der Waals surface area contributed by atoms with Gasteiger partial charge in [0.2, 0.25) is 11.8 Å². The lowest BCUT2D eigenvalue weighted by Gasteiger charge is -2.33. The summed E-state index contributed by atoms with van der Waals surface area (Å²) < 4.78 is 43.0. The number of carboxylic acid groups (broad SMARTS) is 1. The minimum atomic E-state index is -3.72. The van der Waals surface area contributed by atoms with Crippen molar-refractivity contribution in [3.63, 3.8) is 0 Å². The van der Waals surface area contributed by atoms with Gasteiger partial charge in [0.05, 0.1) is 30.4 Å². The molecule has 3 aromatic carbocycles. The summed E-state index contributed by atoms with van der Waals surface area (Å²) >= 11 is 0. The second-order valence-corrected chi connectivity index (χ2v) is 12.8. The Morgan fingerprint density at radius 3 is 2.34 bits per heavy atom. The molecule has 1 aliphatic heterocycles. The van der Waals surface area contributed by atoms with Crippen LogP contribution >= 0.6 is 0 Å². The highest BCUT2D eigenvalue weighted by Crippen LogP contribution is 2.43. The fourth-order valence-electron chi connectivity index (χ4n) is 5.59. The molecular formula is C31H33N3O9S. The van der Waals surface area contributed by atoms with E-state index in [0.29, 0.717) is 41.2 Å². The molecule has 232 valence electrons. The zero-order chi connectivity index (χ0) is 31.6. The van der Waals surface area contributed by atoms with Crippen LogP contribution < -0.4 is 20.5 Å². The zero-order valence-electron chi connectivity index (χ0n) is 24.1. The maximum Gasteiger partial charge on any atom is 0.506 e. The molecule has 0 bridgehead atoms. The van der Waals surface area contributed by atoms with Gasteiger partial charge in [0, 0.05) is 24.2 Å². The second-order valence-electron chi connectivity index (χ2n) is 10.6. The molecule has 13 heteroatoms. The maximum absolute atomic E-state index is 14.6. The number of methoxy groups -OCH3 is 2. The molecule has 0 radical (unpaired) electrons. The number of rotatable bonds is 11. The molecule has 2 amide bonds. The fraction of sp³-hybridized carbons (Fsp3) is 0.323. The van der Waals surface area contributed by atoms with Gasteiger partial charge >= 0.3 is 6.16 Å². The van der Waals surface area contributed by atoms with Crippen molar-refractivity contribution in [3.05, 3.63) is 83.4 Å². The van der Waals surface area contributed by atoms with Crippen LogP contribution in [0.25, 0.3) is 0 Å². The number of anilines is 1. The lowest BCUT2D eigenvalue weighted by atomic mass is 9.99. The van der Waals surface area contributed by atoms with E-state index in [1.54, 1.807) is 54.6 Å². The lowest BCUT2D eigenvalue weighted by Crippen LogP contribution is -2.40. The van der Waals surface area contributed by atoms with Gasteiger partial charge in [0.1, 0.15) is 12.1 Å². The standard InChI is InChI=1S/C31H33N3O9S/c1-41-23-13-10-18(17-25(23)42-2)27(33-20-7-5-6-19(16-20)29(32)35)30(36)34-15-14-24(43-31(37)38)28(34)22-8-3-4-9-26(22)44(39,40)21-11-12-21/h3-10,13,16-17,21,24,27-28,33H,11-12,14-15H2,1-2H3,(H2,32,35)(H,37,38)/t24-,27-,28+/m0/s1. The summed E-state index contributed by atoms with van der Waals surface area (Å²) in [4.78, 5) is 39.7. The van der Waals surface area contributed by atoms with Crippen LogP contribution in [0.4, 0.5) is 10.5 Å². The molecule has 1 heterocycles. The summed E-state index contributed by atoms with van der Waals surface area (Å²) in [5.74, 6) is -0.334. The van der Waals surface area contributed by atoms with E-state index >= 15 is 0 Å². The van der Waals surface area contributed by atoms with Crippen LogP contribution in [0.15, 0.2) is 71.6 Å². The number of sulfone groups is 1. The van der Waals surface area contributed by atoms with E-state index in [-0.39, 0.29) is 23.4 Å². The average molecular weight is 624 g/mol. The van der Waals surface area contributed by atoms with E-state index in [2.05, 4.69) is 5.32 Å². The summed E-state index contributed by atoms with van der Waals surface area (Å²) in [5, 5.41) is 12.2. The van der Waals surface area contributed by atoms with Gasteiger partial charge < -0.3 is 35.3 Å². The van der Waals surface area contributed by atoms with E-state index in [1.165, 1.54) is 31.3 Å². The number of likely N-dealkylation sites (tertiary alicyclic amines) is 1. The van der Waals surface area contributed by atoms with Gasteiger partial charge in [0.15, 0.2) is 21.3 Å². The van der Waals surface area contributed by atoms with Crippen molar-refractivity contribution >= 4 is 33.5 Å². The Morgan fingerprint density at radius 2 is 1.68 bits per heavy atom. The molecular weight excluding hydrogens is 590 g/mol. The topological polar surface area (TPSA) is 175 Å². The SMILES string of the molecule is COc1ccc([C@H](Nc2cccc(C(N)=O)c2)C(=O)N2CC[C@H](OC(=O)O)[C@H]2c2ccccc2S(=O)(=O)C2CC2)cc1OC. The highest BCUT2D eigenvalue weighted by Gasteiger charge is 2.46. The van der Waals surface area contributed by atoms with E-state index in [0.717, 1.165) is 0 Å². The van der Waals surface area contributed by atoms with Gasteiger partial charge in [-0.25, -0.2) is 13.2 Å². The predicted octanol–water partition coefficient (Wildman–Crippen LogP) is 3.93. The molecule has 2 fully saturated rings. The van der Waals surface area contributed by atoms with Crippen LogP contribution in [0.2, 0.25) is 0 Å². The maximum atomic E-state index is 14.6. The highest BCUT2D eigenvalue weighted by molar-refractivity contribution is 7.92. The van der Waals surface area contributed by atoms with Crippen LogP contribution in [-0.4, -0.2) is 68.5 Å². The van der Waals surface area contributed by atoms with Crippen molar-refractivity contribution in [3.8, 4) is 11.5 Å². The Hall–Kier alpha value is -4.78. The Balaban J connectivity index is 1.61. The van der Waals surface area contributed by atoms with Crippen LogP contribution in [0.3, 0.4) is 0 Å². The first-order valence-corrected chi connectivity index (χ1v) is 15.5. The number of nitrogens with two attached hydrogens (primary N) is 1. The van der Waals surface area contributed by atoms with Crippen LogP contribution in [0, 0.1) is 0 Å². The van der Waals surface area contributed by atoms with E-state index in [4.69, 9.17) is 19.9 Å². The van der Waals surface area contributed by atoms with Gasteiger partial charge in [-0.1, -0.05) is 30.3 Å². The number of hydrogen-bond donors (Lipinski definition) is 3. The first-order chi connectivity index (χ1) is 21.0. The van der Waals surface area contributed by atoms with Crippen molar-refractivity contribution in [1.29, 1.82) is 0 Å². The van der Waals surface area contributed by atoms with Gasteiger partial charge in [-0.2, -0.15) is 0 Å². The number of nitrogens with one attached hydrogen (secondary N) is 1. The molecule has 1 aliphatic carbocycles. The number of hydrogen-bond acceptors (Lipinski definition) is 9. The summed E-state index contributed by atoms with van der Waals surface area (Å²) in [5.41, 5.74) is 6.88. The molecule has 5 rings (SSSR count). The first kappa shape index (κ1) is 30.7. The molecule has 44 heavy (non-hydrogen) atoms.